The number of Topliss-reactive ketones (excluding diaryl/α,β-unsaturated/α-hetero) is 4. The summed E-state index contributed by atoms with van der Waals surface area (Å²) in [5, 5.41) is 8.31. The minimum atomic E-state index is -0.699. The molecular formula is C21H35N3O6. The van der Waals surface area contributed by atoms with E-state index in [0.717, 1.165) is 0 Å². The smallest absolute Gasteiger partial charge is 0.222 e. The molecule has 3 unspecified atom stereocenters. The molecule has 0 radical (unpaired) electrons. The Morgan fingerprint density at radius 1 is 0.567 bits per heavy atom. The summed E-state index contributed by atoms with van der Waals surface area (Å²) < 4.78 is 0. The monoisotopic (exact) mass is 425 g/mol. The van der Waals surface area contributed by atoms with Crippen molar-refractivity contribution in [3.8, 4) is 0 Å². The molecule has 0 aromatic heterocycles. The molecule has 2 amide bonds. The molecule has 3 atom stereocenters. The summed E-state index contributed by atoms with van der Waals surface area (Å²) in [5.74, 6) is -1.16. The lowest BCUT2D eigenvalue weighted by atomic mass is 10.0. The van der Waals surface area contributed by atoms with Crippen LogP contribution in [0.1, 0.15) is 72.6 Å². The highest BCUT2D eigenvalue weighted by Gasteiger charge is 2.22. The second kappa shape index (κ2) is 14.5. The Kier molecular flexibility index (Phi) is 13.4. The van der Waals surface area contributed by atoms with Crippen LogP contribution >= 0.6 is 0 Å². The molecule has 0 spiro atoms. The van der Waals surface area contributed by atoms with E-state index < -0.39 is 18.0 Å². The maximum atomic E-state index is 12.4. The van der Waals surface area contributed by atoms with Gasteiger partial charge in [-0.2, -0.15) is 0 Å². The van der Waals surface area contributed by atoms with Crippen molar-refractivity contribution in [2.45, 2.75) is 90.8 Å². The van der Waals surface area contributed by atoms with Gasteiger partial charge in [0, 0.05) is 56.7 Å². The van der Waals surface area contributed by atoms with Crippen LogP contribution < -0.4 is 16.0 Å². The number of carbonyl (C=O) groups excluding carboxylic acids is 6. The first-order valence-electron chi connectivity index (χ1n) is 10.2. The Bertz CT molecular complexity index is 647. The summed E-state index contributed by atoms with van der Waals surface area (Å²) in [7, 11) is 1.65. The van der Waals surface area contributed by atoms with Crippen molar-refractivity contribution in [1.82, 2.24) is 16.0 Å². The number of nitrogens with one attached hydrogen (secondary N) is 3. The molecule has 0 heterocycles. The normalized spacial score (nSPS) is 13.6. The predicted molar refractivity (Wildman–Crippen MR) is 112 cm³/mol. The summed E-state index contributed by atoms with van der Waals surface area (Å²) in [6.45, 7) is 5.66. The fourth-order valence-corrected chi connectivity index (χ4v) is 3.12. The summed E-state index contributed by atoms with van der Waals surface area (Å²) in [6.07, 6.45) is 0.796. The second-order valence-corrected chi connectivity index (χ2v) is 7.88. The van der Waals surface area contributed by atoms with Gasteiger partial charge in [-0.3, -0.25) is 24.0 Å². The van der Waals surface area contributed by atoms with Gasteiger partial charge in [0.1, 0.15) is 23.1 Å². The summed E-state index contributed by atoms with van der Waals surface area (Å²) in [6, 6.07) is -1.51. The maximum Gasteiger partial charge on any atom is 0.222 e. The summed E-state index contributed by atoms with van der Waals surface area (Å²) >= 11 is 0. The zero-order valence-electron chi connectivity index (χ0n) is 18.6. The Morgan fingerprint density at radius 3 is 1.40 bits per heavy atom. The maximum absolute atomic E-state index is 12.4. The van der Waals surface area contributed by atoms with Crippen LogP contribution in [0.4, 0.5) is 0 Å². The number of rotatable bonds is 16. The molecule has 3 N–H and O–H groups in total. The van der Waals surface area contributed by atoms with E-state index >= 15 is 0 Å². The lowest BCUT2D eigenvalue weighted by Gasteiger charge is -2.22. The van der Waals surface area contributed by atoms with E-state index in [1.165, 1.54) is 27.7 Å². The van der Waals surface area contributed by atoms with E-state index in [9.17, 15) is 28.8 Å². The molecular weight excluding hydrogens is 390 g/mol. The highest BCUT2D eigenvalue weighted by molar-refractivity contribution is 5.84. The highest BCUT2D eigenvalue weighted by atomic mass is 16.2. The number of carbonyl (C=O) groups is 6. The molecule has 0 saturated heterocycles. The van der Waals surface area contributed by atoms with E-state index in [0.29, 0.717) is 6.42 Å². The molecule has 0 bridgehead atoms. The van der Waals surface area contributed by atoms with Crippen LogP contribution in [0, 0.1) is 0 Å². The van der Waals surface area contributed by atoms with Gasteiger partial charge in [-0.25, -0.2) is 0 Å². The second-order valence-electron chi connectivity index (χ2n) is 7.88. The van der Waals surface area contributed by atoms with Gasteiger partial charge in [0.15, 0.2) is 0 Å². The van der Waals surface area contributed by atoms with Crippen molar-refractivity contribution in [2.24, 2.45) is 0 Å². The van der Waals surface area contributed by atoms with Crippen LogP contribution in [-0.4, -0.2) is 60.1 Å². The molecule has 0 aromatic carbocycles. The van der Waals surface area contributed by atoms with Crippen molar-refractivity contribution in [3.63, 3.8) is 0 Å². The first-order valence-corrected chi connectivity index (χ1v) is 10.2. The number of amides is 2. The molecule has 30 heavy (non-hydrogen) atoms. The van der Waals surface area contributed by atoms with E-state index in [1.54, 1.807) is 7.05 Å². The molecule has 0 fully saturated rings. The Balaban J connectivity index is 4.95. The summed E-state index contributed by atoms with van der Waals surface area (Å²) in [4.78, 5) is 70.3. The molecule has 0 aliphatic rings. The third kappa shape index (κ3) is 14.6. The molecule has 9 nitrogen and oxygen atoms in total. The fraction of sp³-hybridized carbons (Fsp3) is 0.714. The Labute approximate surface area is 178 Å². The van der Waals surface area contributed by atoms with E-state index in [1.807, 2.05) is 0 Å². The molecule has 9 heteroatoms. The lowest BCUT2D eigenvalue weighted by Crippen LogP contribution is -2.44. The van der Waals surface area contributed by atoms with Crippen molar-refractivity contribution in [1.29, 1.82) is 0 Å². The number of hydrogen-bond donors (Lipinski definition) is 3. The van der Waals surface area contributed by atoms with Gasteiger partial charge in [0.25, 0.3) is 0 Å². The zero-order valence-corrected chi connectivity index (χ0v) is 18.6. The van der Waals surface area contributed by atoms with Gasteiger partial charge in [-0.15, -0.1) is 0 Å². The third-order valence-corrected chi connectivity index (χ3v) is 4.45. The lowest BCUT2D eigenvalue weighted by molar-refractivity contribution is -0.125. The molecule has 0 rings (SSSR count). The molecule has 0 aromatic rings. The number of hydrogen-bond acceptors (Lipinski definition) is 7. The molecule has 0 aliphatic carbocycles. The van der Waals surface area contributed by atoms with Crippen LogP contribution in [0.3, 0.4) is 0 Å². The Hall–Kier alpha value is -2.42. The quantitative estimate of drug-likeness (QED) is 0.330. The van der Waals surface area contributed by atoms with Gasteiger partial charge >= 0.3 is 0 Å². The first-order chi connectivity index (χ1) is 13.9. The van der Waals surface area contributed by atoms with Crippen LogP contribution in [0.2, 0.25) is 0 Å². The topological polar surface area (TPSA) is 139 Å². The first kappa shape index (κ1) is 27.6. The van der Waals surface area contributed by atoms with Crippen molar-refractivity contribution < 1.29 is 28.8 Å². The van der Waals surface area contributed by atoms with E-state index in [2.05, 4.69) is 16.0 Å². The van der Waals surface area contributed by atoms with Gasteiger partial charge < -0.3 is 20.7 Å². The summed E-state index contributed by atoms with van der Waals surface area (Å²) in [5.41, 5.74) is 0. The largest absolute Gasteiger partial charge is 0.353 e. The Morgan fingerprint density at radius 2 is 0.967 bits per heavy atom. The standard InChI is InChI=1S/C21H35N3O6/c1-13(25)6-7-17(8-14(2)26)23-21(30)12-19(10-16(4)28)24-20(29)11-18(22-5)9-15(3)27/h17-19,22H,6-12H2,1-5H3,(H,23,30)(H,24,29). The van der Waals surface area contributed by atoms with Crippen molar-refractivity contribution in [3.05, 3.63) is 0 Å². The molecule has 0 aliphatic heterocycles. The van der Waals surface area contributed by atoms with Gasteiger partial charge in [-0.05, 0) is 41.2 Å². The minimum absolute atomic E-state index is 0.0130. The van der Waals surface area contributed by atoms with Crippen LogP contribution in [0.15, 0.2) is 0 Å². The van der Waals surface area contributed by atoms with Crippen molar-refractivity contribution >= 4 is 34.9 Å². The average molecular weight is 426 g/mol. The average Bonchev–Trinajstić information content (AvgIpc) is 2.57. The van der Waals surface area contributed by atoms with E-state index in [-0.39, 0.29) is 73.6 Å². The van der Waals surface area contributed by atoms with Gasteiger partial charge in [0.2, 0.25) is 11.8 Å². The van der Waals surface area contributed by atoms with Gasteiger partial charge in [-0.1, -0.05) is 0 Å². The molecule has 0 saturated carbocycles. The number of ketones is 4. The molecule has 170 valence electrons. The van der Waals surface area contributed by atoms with Crippen LogP contribution in [-0.2, 0) is 28.8 Å². The van der Waals surface area contributed by atoms with Crippen molar-refractivity contribution in [2.75, 3.05) is 7.05 Å². The fourth-order valence-electron chi connectivity index (χ4n) is 3.12. The zero-order chi connectivity index (χ0) is 23.3. The third-order valence-electron chi connectivity index (χ3n) is 4.45. The van der Waals surface area contributed by atoms with Crippen LogP contribution in [0.5, 0.6) is 0 Å². The van der Waals surface area contributed by atoms with E-state index in [4.69, 9.17) is 0 Å². The van der Waals surface area contributed by atoms with Crippen LogP contribution in [0.25, 0.3) is 0 Å². The minimum Gasteiger partial charge on any atom is -0.353 e. The van der Waals surface area contributed by atoms with Gasteiger partial charge in [0.05, 0.1) is 0 Å². The highest BCUT2D eigenvalue weighted by Crippen LogP contribution is 2.07. The predicted octanol–water partition coefficient (Wildman–Crippen LogP) is 0.631. The SMILES string of the molecule is CNC(CC(C)=O)CC(=O)NC(CC(C)=O)CC(=O)NC(CCC(C)=O)CC(C)=O.